The van der Waals surface area contributed by atoms with E-state index in [9.17, 15) is 0 Å². The van der Waals surface area contributed by atoms with Crippen LogP contribution in [-0.2, 0) is 0 Å². The van der Waals surface area contributed by atoms with E-state index in [4.69, 9.17) is 11.6 Å². The maximum absolute atomic E-state index is 6.28. The van der Waals surface area contributed by atoms with Gasteiger partial charge in [0.2, 0.25) is 0 Å². The number of aromatic nitrogens is 2. The van der Waals surface area contributed by atoms with Gasteiger partial charge in [0.05, 0.1) is 16.7 Å². The third-order valence-corrected chi connectivity index (χ3v) is 10.1. The summed E-state index contributed by atoms with van der Waals surface area (Å²) in [6.45, 7) is 6.83. The van der Waals surface area contributed by atoms with Crippen LogP contribution in [0, 0.1) is 11.5 Å². The van der Waals surface area contributed by atoms with Gasteiger partial charge >= 0.3 is 0 Å². The van der Waals surface area contributed by atoms with Crippen molar-refractivity contribution in [2.24, 2.45) is 0 Å². The molecule has 0 saturated carbocycles. The van der Waals surface area contributed by atoms with Crippen molar-refractivity contribution in [1.29, 1.82) is 0 Å². The third-order valence-electron chi connectivity index (χ3n) is 5.17. The van der Waals surface area contributed by atoms with E-state index in [2.05, 4.69) is 47.9 Å². The predicted octanol–water partition coefficient (Wildman–Crippen LogP) is 6.08. The molecular weight excluding hydrogens is 344 g/mol. The highest BCUT2D eigenvalue weighted by molar-refractivity contribution is 6.87. The van der Waals surface area contributed by atoms with Crippen LogP contribution in [-0.4, -0.2) is 17.6 Å². The summed E-state index contributed by atoms with van der Waals surface area (Å²) in [7, 11) is -1.49. The second-order valence-electron chi connectivity index (χ2n) is 6.36. The average Bonchev–Trinajstić information content (AvgIpc) is 3.08. The number of hydrogen-bond acceptors (Lipinski definition) is 1. The highest BCUT2D eigenvalue weighted by Gasteiger charge is 2.24. The Morgan fingerprint density at radius 1 is 1.04 bits per heavy atom. The number of benzene rings is 2. The summed E-state index contributed by atoms with van der Waals surface area (Å²) in [5.41, 5.74) is 7.73. The lowest BCUT2D eigenvalue weighted by Crippen LogP contribution is -2.29. The topological polar surface area (TPSA) is 17.8 Å². The number of para-hydroxylation sites is 2. The van der Waals surface area contributed by atoms with Crippen LogP contribution >= 0.6 is 11.6 Å². The first-order valence-corrected chi connectivity index (χ1v) is 11.9. The molecule has 1 heterocycles. The molecule has 0 saturated heterocycles. The lowest BCUT2D eigenvalue weighted by Gasteiger charge is -2.20. The number of rotatable bonds is 4. The fraction of sp³-hybridized carbons (Fsp3) is 0.286. The van der Waals surface area contributed by atoms with E-state index < -0.39 is 8.07 Å². The second-order valence-corrected chi connectivity index (χ2v) is 11.7. The van der Waals surface area contributed by atoms with Gasteiger partial charge in [0.25, 0.3) is 0 Å². The molecule has 1 aromatic heterocycles. The minimum absolute atomic E-state index is 0.711. The smallest absolute Gasteiger partial charge is 0.138 e. The zero-order valence-corrected chi connectivity index (χ0v) is 16.8. The molecule has 0 unspecified atom stereocenters. The Balaban J connectivity index is 2.15. The average molecular weight is 367 g/mol. The number of hydrogen-bond donors (Lipinski definition) is 0. The number of nitrogens with zero attached hydrogens (tertiary/aromatic N) is 2. The van der Waals surface area contributed by atoms with Crippen molar-refractivity contribution in [3.05, 3.63) is 59.4 Å². The molecule has 25 heavy (non-hydrogen) atoms. The van der Waals surface area contributed by atoms with Crippen molar-refractivity contribution in [1.82, 2.24) is 9.55 Å². The van der Waals surface area contributed by atoms with Crippen molar-refractivity contribution in [3.63, 3.8) is 0 Å². The Bertz CT molecular complexity index is 937. The number of halogens is 1. The number of imidazole rings is 1. The summed E-state index contributed by atoms with van der Waals surface area (Å²) >= 11 is 6.28. The molecule has 0 spiro atoms. The van der Waals surface area contributed by atoms with Crippen LogP contribution in [0.15, 0.2) is 48.8 Å². The van der Waals surface area contributed by atoms with Gasteiger partial charge in [-0.2, -0.15) is 0 Å². The lowest BCUT2D eigenvalue weighted by molar-refractivity contribution is 1.09. The van der Waals surface area contributed by atoms with Crippen LogP contribution in [0.25, 0.3) is 16.7 Å². The van der Waals surface area contributed by atoms with Crippen LogP contribution < -0.4 is 0 Å². The summed E-state index contributed by atoms with van der Waals surface area (Å²) in [4.78, 5) is 4.50. The van der Waals surface area contributed by atoms with E-state index >= 15 is 0 Å². The Morgan fingerprint density at radius 2 is 1.76 bits per heavy atom. The summed E-state index contributed by atoms with van der Waals surface area (Å²) < 4.78 is 2.08. The van der Waals surface area contributed by atoms with Gasteiger partial charge in [-0.15, -0.1) is 5.54 Å². The Kier molecular flexibility index (Phi) is 5.32. The van der Waals surface area contributed by atoms with Crippen molar-refractivity contribution in [2.45, 2.75) is 38.9 Å². The zero-order valence-electron chi connectivity index (χ0n) is 15.0. The van der Waals surface area contributed by atoms with E-state index in [0.29, 0.717) is 5.02 Å². The van der Waals surface area contributed by atoms with E-state index in [1.54, 1.807) is 0 Å². The third kappa shape index (κ3) is 3.51. The molecule has 3 rings (SSSR count). The van der Waals surface area contributed by atoms with Gasteiger partial charge in [0, 0.05) is 10.6 Å². The first-order valence-electron chi connectivity index (χ1n) is 8.87. The summed E-state index contributed by atoms with van der Waals surface area (Å²) in [5, 5.41) is 0.711. The maximum atomic E-state index is 6.28. The minimum atomic E-state index is -1.49. The monoisotopic (exact) mass is 366 g/mol. The molecular formula is C21H23ClN2Si. The molecule has 2 nitrogen and oxygen atoms in total. The van der Waals surface area contributed by atoms with Gasteiger partial charge in [0.15, 0.2) is 0 Å². The van der Waals surface area contributed by atoms with E-state index in [1.165, 1.54) is 18.1 Å². The summed E-state index contributed by atoms with van der Waals surface area (Å²) in [6.07, 6.45) is 1.85. The predicted molar refractivity (Wildman–Crippen MR) is 110 cm³/mol. The Hall–Kier alpha value is -2.02. The molecule has 0 aliphatic heterocycles. The van der Waals surface area contributed by atoms with Crippen molar-refractivity contribution >= 4 is 30.7 Å². The van der Waals surface area contributed by atoms with Gasteiger partial charge < -0.3 is 0 Å². The fourth-order valence-corrected chi connectivity index (χ4v) is 5.77. The van der Waals surface area contributed by atoms with Crippen LogP contribution in [0.3, 0.4) is 0 Å². The van der Waals surface area contributed by atoms with Gasteiger partial charge in [-0.25, -0.2) is 4.98 Å². The van der Waals surface area contributed by atoms with Gasteiger partial charge in [-0.3, -0.25) is 4.57 Å². The van der Waals surface area contributed by atoms with E-state index in [1.807, 2.05) is 42.7 Å². The van der Waals surface area contributed by atoms with Crippen molar-refractivity contribution in [3.8, 4) is 17.2 Å². The molecule has 0 fully saturated rings. The summed E-state index contributed by atoms with van der Waals surface area (Å²) in [5.74, 6) is 3.49. The molecule has 3 aromatic rings. The lowest BCUT2D eigenvalue weighted by atomic mass is 10.2. The molecule has 0 aliphatic rings. The van der Waals surface area contributed by atoms with Crippen LogP contribution in [0.4, 0.5) is 0 Å². The SMILES string of the molecule is CC[Si](C#Cc1ccc(Cl)cc1-n1cnc2ccccc21)(CC)CC. The maximum Gasteiger partial charge on any atom is 0.138 e. The highest BCUT2D eigenvalue weighted by Crippen LogP contribution is 2.25. The molecule has 2 aromatic carbocycles. The molecule has 4 heteroatoms. The molecule has 128 valence electrons. The fourth-order valence-electron chi connectivity index (χ4n) is 3.18. The van der Waals surface area contributed by atoms with Crippen molar-refractivity contribution in [2.75, 3.05) is 0 Å². The van der Waals surface area contributed by atoms with E-state index in [-0.39, 0.29) is 0 Å². The second kappa shape index (κ2) is 7.47. The molecule has 0 amide bonds. The zero-order chi connectivity index (χ0) is 17.9. The van der Waals surface area contributed by atoms with Crippen LogP contribution in [0.1, 0.15) is 26.3 Å². The first-order chi connectivity index (χ1) is 12.1. The highest BCUT2D eigenvalue weighted by atomic mass is 35.5. The quantitative estimate of drug-likeness (QED) is 0.404. The molecule has 0 aliphatic carbocycles. The van der Waals surface area contributed by atoms with Crippen molar-refractivity contribution < 1.29 is 0 Å². The summed E-state index contributed by atoms with van der Waals surface area (Å²) in [6, 6.07) is 17.6. The molecule has 0 atom stereocenters. The standard InChI is InChI=1S/C21H23ClN2Si/c1-4-25(5-2,6-3)14-13-17-11-12-18(22)15-21(17)24-16-23-19-9-7-8-10-20(19)24/h7-12,15-16H,4-6H2,1-3H3. The number of fused-ring (bicyclic) bond motifs is 1. The van der Waals surface area contributed by atoms with Gasteiger partial charge in [-0.1, -0.05) is 50.4 Å². The molecule has 0 bridgehead atoms. The Morgan fingerprint density at radius 3 is 2.48 bits per heavy atom. The van der Waals surface area contributed by atoms with Gasteiger partial charge in [0.1, 0.15) is 14.4 Å². The first kappa shape index (κ1) is 17.8. The minimum Gasteiger partial charge on any atom is -0.298 e. The largest absolute Gasteiger partial charge is 0.298 e. The van der Waals surface area contributed by atoms with E-state index in [0.717, 1.165) is 22.3 Å². The van der Waals surface area contributed by atoms with Gasteiger partial charge in [-0.05, 0) is 48.5 Å². The molecule has 0 radical (unpaired) electrons. The molecule has 0 N–H and O–H groups in total. The van der Waals surface area contributed by atoms with Crippen LogP contribution in [0.2, 0.25) is 23.2 Å². The normalized spacial score (nSPS) is 11.4. The Labute approximate surface area is 155 Å². The van der Waals surface area contributed by atoms with Crippen LogP contribution in [0.5, 0.6) is 0 Å².